The predicted molar refractivity (Wildman–Crippen MR) is 118 cm³/mol. The van der Waals surface area contributed by atoms with Crippen molar-refractivity contribution in [3.63, 3.8) is 0 Å². The van der Waals surface area contributed by atoms with Crippen LogP contribution in [0.15, 0.2) is 65.7 Å². The number of carbonyl (C=O) groups is 2. The van der Waals surface area contributed by atoms with Gasteiger partial charge in [0.2, 0.25) is 0 Å². The Morgan fingerprint density at radius 1 is 0.871 bits per heavy atom. The van der Waals surface area contributed by atoms with Crippen molar-refractivity contribution in [1.29, 1.82) is 0 Å². The van der Waals surface area contributed by atoms with E-state index >= 15 is 0 Å². The fraction of sp³-hybridized carbons (Fsp3) is 0.375. The maximum atomic E-state index is 12.4. The number of nitrogens with zero attached hydrogens (tertiary/aromatic N) is 1. The molecule has 7 nitrogen and oxygen atoms in total. The average Bonchev–Trinajstić information content (AvgIpc) is 2.82. The molecule has 1 fully saturated rings. The zero-order valence-corrected chi connectivity index (χ0v) is 17.5. The van der Waals surface area contributed by atoms with E-state index in [9.17, 15) is 9.59 Å². The first kappa shape index (κ1) is 22.5. The van der Waals surface area contributed by atoms with Crippen LogP contribution >= 0.6 is 0 Å². The largest absolute Gasteiger partial charge is 0.444 e. The lowest BCUT2D eigenvalue weighted by Gasteiger charge is -2.28. The molecule has 0 aromatic heterocycles. The van der Waals surface area contributed by atoms with E-state index < -0.39 is 12.2 Å². The van der Waals surface area contributed by atoms with Crippen LogP contribution in [0.4, 0.5) is 9.59 Å². The monoisotopic (exact) mass is 423 g/mol. The van der Waals surface area contributed by atoms with Gasteiger partial charge in [0.05, 0.1) is 0 Å². The van der Waals surface area contributed by atoms with Crippen molar-refractivity contribution in [3.05, 3.63) is 71.8 Å². The van der Waals surface area contributed by atoms with Crippen molar-refractivity contribution in [2.45, 2.75) is 38.9 Å². The molecule has 2 aromatic carbocycles. The quantitative estimate of drug-likeness (QED) is 0.529. The number of amides is 2. The van der Waals surface area contributed by atoms with Gasteiger partial charge >= 0.3 is 12.2 Å². The molecule has 0 atom stereocenters. The fourth-order valence-electron chi connectivity index (χ4n) is 3.61. The number of carbonyl (C=O) groups excluding carboxylic acids is 2. The second kappa shape index (κ2) is 11.9. The second-order valence-corrected chi connectivity index (χ2v) is 7.68. The molecule has 164 valence electrons. The number of nitrogens with one attached hydrogen (secondary N) is 1. The molecule has 3 rings (SSSR count). The van der Waals surface area contributed by atoms with Crippen molar-refractivity contribution in [1.82, 2.24) is 5.32 Å². The highest BCUT2D eigenvalue weighted by molar-refractivity contribution is 6.01. The minimum absolute atomic E-state index is 0.0450. The smallest absolute Gasteiger partial charge is 0.435 e. The Labute approximate surface area is 182 Å². The van der Waals surface area contributed by atoms with Gasteiger partial charge in [0.1, 0.15) is 19.0 Å². The van der Waals surface area contributed by atoms with Gasteiger partial charge in [0.15, 0.2) is 0 Å². The maximum absolute atomic E-state index is 12.4. The molecule has 31 heavy (non-hydrogen) atoms. The van der Waals surface area contributed by atoms with Gasteiger partial charge in [-0.05, 0) is 49.3 Å². The van der Waals surface area contributed by atoms with Crippen LogP contribution in [0, 0.1) is 11.8 Å². The summed E-state index contributed by atoms with van der Waals surface area (Å²) in [6.45, 7) is 0.901. The minimum atomic E-state index is -0.733. The van der Waals surface area contributed by atoms with E-state index in [-0.39, 0.29) is 19.1 Å². The van der Waals surface area contributed by atoms with Gasteiger partial charge in [-0.3, -0.25) is 5.32 Å². The normalized spacial score (nSPS) is 18.8. The molecule has 0 radical (unpaired) electrons. The first-order chi connectivity index (χ1) is 15.1. The summed E-state index contributed by atoms with van der Waals surface area (Å²) in [5.41, 5.74) is 7.53. The highest BCUT2D eigenvalue weighted by Gasteiger charge is 2.26. The lowest BCUT2D eigenvalue weighted by Crippen LogP contribution is -2.39. The van der Waals surface area contributed by atoms with Gasteiger partial charge in [-0.25, -0.2) is 9.59 Å². The third-order valence-electron chi connectivity index (χ3n) is 5.43. The standard InChI is InChI=1S/C24H29N3O4/c25-15-18-11-13-21(14-12-18)22(26-23(28)30-16-19-7-3-1-4-8-19)27-24(29)31-17-20-9-5-2-6-10-20/h1-10,18,21H,11-17,25H2,(H,26,27,28,29). The van der Waals surface area contributed by atoms with Crippen molar-refractivity contribution in [2.75, 3.05) is 6.54 Å². The van der Waals surface area contributed by atoms with E-state index in [1.807, 2.05) is 60.7 Å². The third-order valence-corrected chi connectivity index (χ3v) is 5.43. The lowest BCUT2D eigenvalue weighted by atomic mass is 9.81. The topological polar surface area (TPSA) is 103 Å². The highest BCUT2D eigenvalue weighted by atomic mass is 16.6. The van der Waals surface area contributed by atoms with Crippen LogP contribution in [-0.2, 0) is 22.7 Å². The summed E-state index contributed by atoms with van der Waals surface area (Å²) in [7, 11) is 0. The van der Waals surface area contributed by atoms with Crippen LogP contribution in [0.25, 0.3) is 0 Å². The summed E-state index contributed by atoms with van der Waals surface area (Å²) >= 11 is 0. The zero-order valence-electron chi connectivity index (χ0n) is 17.5. The van der Waals surface area contributed by atoms with E-state index in [1.165, 1.54) is 0 Å². The Balaban J connectivity index is 1.61. The Morgan fingerprint density at radius 2 is 1.42 bits per heavy atom. The fourth-order valence-corrected chi connectivity index (χ4v) is 3.61. The van der Waals surface area contributed by atoms with E-state index in [0.29, 0.717) is 18.3 Å². The number of benzene rings is 2. The van der Waals surface area contributed by atoms with E-state index in [2.05, 4.69) is 10.3 Å². The molecule has 0 unspecified atom stereocenters. The minimum Gasteiger partial charge on any atom is -0.444 e. The second-order valence-electron chi connectivity index (χ2n) is 7.68. The van der Waals surface area contributed by atoms with Crippen molar-refractivity contribution in [2.24, 2.45) is 22.6 Å². The van der Waals surface area contributed by atoms with Crippen LogP contribution in [0.2, 0.25) is 0 Å². The average molecular weight is 424 g/mol. The first-order valence-electron chi connectivity index (χ1n) is 10.6. The predicted octanol–water partition coefficient (Wildman–Crippen LogP) is 4.41. The van der Waals surface area contributed by atoms with Gasteiger partial charge in [0.25, 0.3) is 0 Å². The third kappa shape index (κ3) is 7.53. The summed E-state index contributed by atoms with van der Waals surface area (Å²) in [5.74, 6) is 0.718. The van der Waals surface area contributed by atoms with Gasteiger partial charge < -0.3 is 15.2 Å². The Kier molecular flexibility index (Phi) is 8.60. The number of hydrogen-bond donors (Lipinski definition) is 2. The lowest BCUT2D eigenvalue weighted by molar-refractivity contribution is 0.143. The molecule has 1 aliphatic carbocycles. The molecule has 0 aliphatic heterocycles. The molecule has 3 N–H and O–H groups in total. The van der Waals surface area contributed by atoms with E-state index in [1.54, 1.807) is 0 Å². The molecule has 2 aromatic rings. The first-order valence-corrected chi connectivity index (χ1v) is 10.6. The molecule has 0 bridgehead atoms. The van der Waals surface area contributed by atoms with Crippen LogP contribution in [-0.4, -0.2) is 24.6 Å². The summed E-state index contributed by atoms with van der Waals surface area (Å²) in [5, 5.41) is 2.68. The van der Waals surface area contributed by atoms with Gasteiger partial charge in [-0.15, -0.1) is 0 Å². The van der Waals surface area contributed by atoms with Gasteiger partial charge in [-0.2, -0.15) is 4.99 Å². The molecule has 1 aliphatic rings. The van der Waals surface area contributed by atoms with Crippen molar-refractivity contribution >= 4 is 18.0 Å². The highest BCUT2D eigenvalue weighted by Crippen LogP contribution is 2.28. The van der Waals surface area contributed by atoms with Crippen LogP contribution in [0.5, 0.6) is 0 Å². The SMILES string of the molecule is NCC1CCC(C(=NC(=O)OCc2ccccc2)NC(=O)OCc2ccccc2)CC1. The molecule has 7 heteroatoms. The van der Waals surface area contributed by atoms with E-state index in [0.717, 1.165) is 36.8 Å². The Hall–Kier alpha value is -3.19. The van der Waals surface area contributed by atoms with Crippen LogP contribution < -0.4 is 11.1 Å². The van der Waals surface area contributed by atoms with Gasteiger partial charge in [0, 0.05) is 5.92 Å². The summed E-state index contributed by atoms with van der Waals surface area (Å²) in [4.78, 5) is 28.8. The maximum Gasteiger partial charge on any atom is 0.435 e. The summed E-state index contributed by atoms with van der Waals surface area (Å²) < 4.78 is 10.6. The van der Waals surface area contributed by atoms with Crippen LogP contribution in [0.1, 0.15) is 36.8 Å². The molecule has 0 spiro atoms. The summed E-state index contributed by atoms with van der Waals surface area (Å²) in [6.07, 6.45) is 2.08. The van der Waals surface area contributed by atoms with Crippen LogP contribution in [0.3, 0.4) is 0 Å². The molecular weight excluding hydrogens is 394 g/mol. The molecule has 0 saturated heterocycles. The van der Waals surface area contributed by atoms with E-state index in [4.69, 9.17) is 15.2 Å². The number of amidine groups is 1. The molecule has 1 saturated carbocycles. The molecule has 2 amide bonds. The van der Waals surface area contributed by atoms with Crippen molar-refractivity contribution in [3.8, 4) is 0 Å². The number of alkyl carbamates (subject to hydrolysis) is 1. The number of aliphatic imine (C=N–C) groups is 1. The summed E-state index contributed by atoms with van der Waals surface area (Å²) in [6, 6.07) is 18.8. The van der Waals surface area contributed by atoms with Gasteiger partial charge in [-0.1, -0.05) is 60.7 Å². The number of hydrogen-bond acceptors (Lipinski definition) is 5. The number of ether oxygens (including phenoxy) is 2. The zero-order chi connectivity index (χ0) is 21.9. The molecule has 0 heterocycles. The Morgan fingerprint density at radius 3 is 1.97 bits per heavy atom. The van der Waals surface area contributed by atoms with Crippen molar-refractivity contribution < 1.29 is 19.1 Å². The Bertz CT molecular complexity index is 863. The molecular formula is C24H29N3O4. The number of rotatable bonds is 6. The number of nitrogens with two attached hydrogens (primary N) is 1.